The Hall–Kier alpha value is -1.10. The first-order valence-electron chi connectivity index (χ1n) is 8.10. The molecule has 1 aromatic carbocycles. The van der Waals surface area contributed by atoms with Crippen LogP contribution in [0.2, 0.25) is 0 Å². The summed E-state index contributed by atoms with van der Waals surface area (Å²) in [7, 11) is 4.23. The van der Waals surface area contributed by atoms with Crippen molar-refractivity contribution in [2.24, 2.45) is 0 Å². The van der Waals surface area contributed by atoms with E-state index in [-0.39, 0.29) is 0 Å². The van der Waals surface area contributed by atoms with E-state index in [1.807, 2.05) is 7.05 Å². The summed E-state index contributed by atoms with van der Waals surface area (Å²) in [6, 6.07) is 7.11. The van der Waals surface area contributed by atoms with Gasteiger partial charge in [-0.25, -0.2) is 0 Å². The maximum atomic E-state index is 5.95. The third kappa shape index (κ3) is 3.57. The number of nitrogens with zero attached hydrogens (tertiary/aromatic N) is 2. The zero-order valence-corrected chi connectivity index (χ0v) is 13.3. The summed E-state index contributed by atoms with van der Waals surface area (Å²) in [6.07, 6.45) is 2.37. The monoisotopic (exact) mass is 289 g/mol. The highest BCUT2D eigenvalue weighted by Gasteiger charge is 2.21. The largest absolute Gasteiger partial charge is 0.492 e. The average Bonchev–Trinajstić information content (AvgIpc) is 2.91. The second kappa shape index (κ2) is 6.77. The lowest BCUT2D eigenvalue weighted by molar-refractivity contribution is 0.133. The van der Waals surface area contributed by atoms with Gasteiger partial charge in [0.1, 0.15) is 12.4 Å². The van der Waals surface area contributed by atoms with E-state index in [9.17, 15) is 0 Å². The number of nitrogens with one attached hydrogen (secondary N) is 1. The number of ether oxygens (including phenoxy) is 1. The van der Waals surface area contributed by atoms with E-state index in [1.54, 1.807) is 0 Å². The lowest BCUT2D eigenvalue weighted by Crippen LogP contribution is -2.45. The van der Waals surface area contributed by atoms with Crippen molar-refractivity contribution < 1.29 is 4.74 Å². The van der Waals surface area contributed by atoms with Crippen LogP contribution in [0.15, 0.2) is 18.2 Å². The zero-order chi connectivity index (χ0) is 14.7. The third-order valence-corrected chi connectivity index (χ3v) is 4.81. The van der Waals surface area contributed by atoms with E-state index >= 15 is 0 Å². The molecule has 4 heteroatoms. The standard InChI is InChI=1S/C17H27N3O/c1-18-17-6-3-14-13-15(4-5-16(14)17)21-12-11-20-9-7-19(2)8-10-20/h4-5,13,17-18H,3,6-12H2,1-2H3. The molecule has 116 valence electrons. The second-order valence-corrected chi connectivity index (χ2v) is 6.23. The summed E-state index contributed by atoms with van der Waals surface area (Å²) in [4.78, 5) is 4.88. The normalized spacial score (nSPS) is 23.2. The number of hydrogen-bond acceptors (Lipinski definition) is 4. The van der Waals surface area contributed by atoms with E-state index in [0.29, 0.717) is 6.04 Å². The van der Waals surface area contributed by atoms with Gasteiger partial charge in [-0.2, -0.15) is 0 Å². The molecule has 0 saturated carbocycles. The van der Waals surface area contributed by atoms with Gasteiger partial charge in [-0.15, -0.1) is 0 Å². The first-order chi connectivity index (χ1) is 10.3. The summed E-state index contributed by atoms with van der Waals surface area (Å²) >= 11 is 0. The van der Waals surface area contributed by atoms with Crippen LogP contribution in [-0.4, -0.2) is 63.2 Å². The Morgan fingerprint density at radius 2 is 2.05 bits per heavy atom. The fourth-order valence-corrected chi connectivity index (χ4v) is 3.35. The molecular weight excluding hydrogens is 262 g/mol. The highest BCUT2D eigenvalue weighted by atomic mass is 16.5. The molecule has 1 aliphatic carbocycles. The molecule has 2 aliphatic rings. The van der Waals surface area contributed by atoms with E-state index in [4.69, 9.17) is 4.74 Å². The summed E-state index contributed by atoms with van der Waals surface area (Å²) < 4.78 is 5.95. The molecule has 1 fully saturated rings. The van der Waals surface area contributed by atoms with E-state index < -0.39 is 0 Å². The van der Waals surface area contributed by atoms with Gasteiger partial charge in [0.25, 0.3) is 0 Å². The van der Waals surface area contributed by atoms with Gasteiger partial charge in [-0.3, -0.25) is 4.90 Å². The van der Waals surface area contributed by atoms with Crippen LogP contribution in [0.25, 0.3) is 0 Å². The second-order valence-electron chi connectivity index (χ2n) is 6.23. The van der Waals surface area contributed by atoms with Crippen molar-refractivity contribution >= 4 is 0 Å². The summed E-state index contributed by atoms with van der Waals surface area (Å²) in [5.74, 6) is 1.03. The minimum atomic E-state index is 0.527. The molecule has 1 saturated heterocycles. The maximum absolute atomic E-state index is 5.95. The molecule has 0 radical (unpaired) electrons. The molecule has 1 N–H and O–H groups in total. The van der Waals surface area contributed by atoms with E-state index in [0.717, 1.165) is 38.4 Å². The first kappa shape index (κ1) is 14.8. The molecule has 0 spiro atoms. The highest BCUT2D eigenvalue weighted by molar-refractivity contribution is 5.40. The predicted molar refractivity (Wildman–Crippen MR) is 86.0 cm³/mol. The smallest absolute Gasteiger partial charge is 0.119 e. The Labute approximate surface area is 128 Å². The molecule has 0 aromatic heterocycles. The molecule has 1 unspecified atom stereocenters. The van der Waals surface area contributed by atoms with Crippen molar-refractivity contribution in [1.29, 1.82) is 0 Å². The number of rotatable bonds is 5. The van der Waals surface area contributed by atoms with Crippen LogP contribution in [0.3, 0.4) is 0 Å². The highest BCUT2D eigenvalue weighted by Crippen LogP contribution is 2.33. The van der Waals surface area contributed by atoms with E-state index in [2.05, 4.69) is 40.4 Å². The van der Waals surface area contributed by atoms with Gasteiger partial charge >= 0.3 is 0 Å². The molecule has 21 heavy (non-hydrogen) atoms. The van der Waals surface area contributed by atoms with Crippen LogP contribution < -0.4 is 10.1 Å². The van der Waals surface area contributed by atoms with Gasteiger partial charge in [-0.05, 0) is 50.2 Å². The van der Waals surface area contributed by atoms with Crippen molar-refractivity contribution in [3.8, 4) is 5.75 Å². The number of aryl methyl sites for hydroxylation is 1. The number of piperazine rings is 1. The van der Waals surface area contributed by atoms with Gasteiger partial charge in [0, 0.05) is 38.8 Å². The lowest BCUT2D eigenvalue weighted by Gasteiger charge is -2.32. The number of fused-ring (bicyclic) bond motifs is 1. The molecule has 4 nitrogen and oxygen atoms in total. The Kier molecular flexibility index (Phi) is 4.78. The Balaban J connectivity index is 1.48. The van der Waals surface area contributed by atoms with Gasteiger partial charge in [0.2, 0.25) is 0 Å². The Morgan fingerprint density at radius 3 is 2.81 bits per heavy atom. The SMILES string of the molecule is CNC1CCc2cc(OCCN3CCN(C)CC3)ccc21. The Morgan fingerprint density at radius 1 is 1.24 bits per heavy atom. The van der Waals surface area contributed by atoms with E-state index in [1.165, 1.54) is 30.6 Å². The fourth-order valence-electron chi connectivity index (χ4n) is 3.35. The molecule has 0 bridgehead atoms. The van der Waals surface area contributed by atoms with Crippen molar-refractivity contribution in [1.82, 2.24) is 15.1 Å². The number of benzene rings is 1. The van der Waals surface area contributed by atoms with Crippen LogP contribution >= 0.6 is 0 Å². The molecule has 3 rings (SSSR count). The van der Waals surface area contributed by atoms with Crippen LogP contribution in [0.1, 0.15) is 23.6 Å². The van der Waals surface area contributed by atoms with Crippen LogP contribution in [0, 0.1) is 0 Å². The van der Waals surface area contributed by atoms with Crippen LogP contribution in [-0.2, 0) is 6.42 Å². The molecule has 0 amide bonds. The van der Waals surface area contributed by atoms with Crippen molar-refractivity contribution in [2.75, 3.05) is 53.4 Å². The van der Waals surface area contributed by atoms with Gasteiger partial charge in [0.05, 0.1) is 0 Å². The molecule has 1 aliphatic heterocycles. The minimum absolute atomic E-state index is 0.527. The van der Waals surface area contributed by atoms with Gasteiger partial charge in [-0.1, -0.05) is 6.07 Å². The maximum Gasteiger partial charge on any atom is 0.119 e. The number of hydrogen-bond donors (Lipinski definition) is 1. The van der Waals surface area contributed by atoms with Crippen molar-refractivity contribution in [3.63, 3.8) is 0 Å². The number of likely N-dealkylation sites (N-methyl/N-ethyl adjacent to an activating group) is 1. The van der Waals surface area contributed by atoms with Crippen molar-refractivity contribution in [2.45, 2.75) is 18.9 Å². The summed E-state index contributed by atoms with van der Waals surface area (Å²) in [5, 5.41) is 3.38. The molecular formula is C17H27N3O. The quantitative estimate of drug-likeness (QED) is 0.889. The summed E-state index contributed by atoms with van der Waals surface area (Å²) in [6.45, 7) is 6.48. The van der Waals surface area contributed by atoms with Gasteiger partial charge < -0.3 is 15.0 Å². The molecule has 1 aromatic rings. The third-order valence-electron chi connectivity index (χ3n) is 4.81. The van der Waals surface area contributed by atoms with Crippen LogP contribution in [0.4, 0.5) is 0 Å². The molecule has 1 atom stereocenters. The van der Waals surface area contributed by atoms with Gasteiger partial charge in [0.15, 0.2) is 0 Å². The Bertz CT molecular complexity index is 469. The lowest BCUT2D eigenvalue weighted by atomic mass is 10.1. The zero-order valence-electron chi connectivity index (χ0n) is 13.3. The molecule has 1 heterocycles. The summed E-state index contributed by atoms with van der Waals surface area (Å²) in [5.41, 5.74) is 2.90. The fraction of sp³-hybridized carbons (Fsp3) is 0.647. The van der Waals surface area contributed by atoms with Crippen LogP contribution in [0.5, 0.6) is 5.75 Å². The topological polar surface area (TPSA) is 27.7 Å². The minimum Gasteiger partial charge on any atom is -0.492 e. The first-order valence-corrected chi connectivity index (χ1v) is 8.10. The predicted octanol–water partition coefficient (Wildman–Crippen LogP) is 1.52. The van der Waals surface area contributed by atoms with Crippen molar-refractivity contribution in [3.05, 3.63) is 29.3 Å². The average molecular weight is 289 g/mol.